The number of nitrogens with two attached hydrogens (primary N) is 1. The third-order valence-electron chi connectivity index (χ3n) is 1.98. The molecule has 14 heavy (non-hydrogen) atoms. The molecule has 1 atom stereocenters. The molecule has 2 rings (SSSR count). The molecule has 0 fully saturated rings. The molecule has 0 radical (unpaired) electrons. The molecule has 0 bridgehead atoms. The fraction of sp³-hybridized carbons (Fsp3) is 0.333. The largest absolute Gasteiger partial charge is 0.437 e. The van der Waals surface area contributed by atoms with Crippen LogP contribution in [0.1, 0.15) is 12.8 Å². The standard InChI is InChI=1S/C9H11N3O2/c1-9(10,5-13)8-12-7-6(14-8)3-2-4-11-7/h2-4,13H,5,10H2,1H3. The average Bonchev–Trinajstić information content (AvgIpc) is 2.61. The summed E-state index contributed by atoms with van der Waals surface area (Å²) in [6, 6.07) is 3.51. The molecule has 0 aliphatic carbocycles. The Morgan fingerprint density at radius 3 is 3.07 bits per heavy atom. The van der Waals surface area contributed by atoms with E-state index in [-0.39, 0.29) is 6.61 Å². The van der Waals surface area contributed by atoms with E-state index in [0.717, 1.165) is 0 Å². The lowest BCUT2D eigenvalue weighted by molar-refractivity contribution is 0.185. The van der Waals surface area contributed by atoms with Crippen LogP contribution in [-0.2, 0) is 5.54 Å². The second-order valence-corrected chi connectivity index (χ2v) is 3.42. The van der Waals surface area contributed by atoms with Crippen LogP contribution in [0.5, 0.6) is 0 Å². The molecule has 5 heteroatoms. The lowest BCUT2D eigenvalue weighted by Gasteiger charge is -2.15. The molecule has 0 spiro atoms. The summed E-state index contributed by atoms with van der Waals surface area (Å²) in [5, 5.41) is 9.03. The van der Waals surface area contributed by atoms with Gasteiger partial charge in [0.1, 0.15) is 5.54 Å². The highest BCUT2D eigenvalue weighted by atomic mass is 16.4. The van der Waals surface area contributed by atoms with E-state index in [4.69, 9.17) is 15.3 Å². The maximum Gasteiger partial charge on any atom is 0.219 e. The molecule has 74 valence electrons. The van der Waals surface area contributed by atoms with E-state index in [1.807, 2.05) is 0 Å². The lowest BCUT2D eigenvalue weighted by Crippen LogP contribution is -2.37. The van der Waals surface area contributed by atoms with E-state index in [9.17, 15) is 0 Å². The van der Waals surface area contributed by atoms with E-state index in [2.05, 4.69) is 9.97 Å². The molecule has 0 saturated carbocycles. The first-order valence-electron chi connectivity index (χ1n) is 4.25. The van der Waals surface area contributed by atoms with E-state index in [0.29, 0.717) is 17.1 Å². The van der Waals surface area contributed by atoms with Gasteiger partial charge >= 0.3 is 0 Å². The van der Waals surface area contributed by atoms with Gasteiger partial charge in [0.05, 0.1) is 6.61 Å². The maximum absolute atomic E-state index is 9.03. The van der Waals surface area contributed by atoms with Crippen molar-refractivity contribution in [3.63, 3.8) is 0 Å². The van der Waals surface area contributed by atoms with Gasteiger partial charge in [0.25, 0.3) is 0 Å². The van der Waals surface area contributed by atoms with Crippen LogP contribution in [-0.4, -0.2) is 21.7 Å². The third kappa shape index (κ3) is 1.36. The van der Waals surface area contributed by atoms with Crippen molar-refractivity contribution in [2.24, 2.45) is 5.73 Å². The van der Waals surface area contributed by atoms with E-state index >= 15 is 0 Å². The second kappa shape index (κ2) is 3.04. The van der Waals surface area contributed by atoms with Crippen molar-refractivity contribution in [2.75, 3.05) is 6.61 Å². The van der Waals surface area contributed by atoms with Crippen molar-refractivity contribution in [3.8, 4) is 0 Å². The monoisotopic (exact) mass is 193 g/mol. The number of fused-ring (bicyclic) bond motifs is 1. The predicted molar refractivity (Wildman–Crippen MR) is 50.4 cm³/mol. The van der Waals surface area contributed by atoms with Gasteiger partial charge in [0.15, 0.2) is 11.2 Å². The third-order valence-corrected chi connectivity index (χ3v) is 1.98. The van der Waals surface area contributed by atoms with Crippen LogP contribution in [0, 0.1) is 0 Å². The fourth-order valence-electron chi connectivity index (χ4n) is 1.08. The molecule has 2 heterocycles. The van der Waals surface area contributed by atoms with Gasteiger partial charge in [-0.05, 0) is 19.1 Å². The van der Waals surface area contributed by atoms with Crippen LogP contribution in [0.4, 0.5) is 0 Å². The van der Waals surface area contributed by atoms with Crippen molar-refractivity contribution in [3.05, 3.63) is 24.2 Å². The van der Waals surface area contributed by atoms with Gasteiger partial charge in [-0.3, -0.25) is 0 Å². The van der Waals surface area contributed by atoms with Gasteiger partial charge in [-0.2, -0.15) is 4.98 Å². The predicted octanol–water partition coefficient (Wildman–Crippen LogP) is 0.389. The molecular weight excluding hydrogens is 182 g/mol. The molecule has 1 unspecified atom stereocenters. The van der Waals surface area contributed by atoms with Crippen molar-refractivity contribution >= 4 is 11.2 Å². The molecule has 3 N–H and O–H groups in total. The van der Waals surface area contributed by atoms with Crippen molar-refractivity contribution in [1.29, 1.82) is 0 Å². The van der Waals surface area contributed by atoms with Crippen LogP contribution in [0.2, 0.25) is 0 Å². The minimum atomic E-state index is -0.958. The highest BCUT2D eigenvalue weighted by molar-refractivity contribution is 5.67. The van der Waals surface area contributed by atoms with Crippen LogP contribution in [0.15, 0.2) is 22.7 Å². The Labute approximate surface area is 80.6 Å². The Hall–Kier alpha value is -1.46. The fourth-order valence-corrected chi connectivity index (χ4v) is 1.08. The number of hydrogen-bond acceptors (Lipinski definition) is 5. The number of aromatic nitrogens is 2. The van der Waals surface area contributed by atoms with Gasteiger partial charge in [-0.15, -0.1) is 0 Å². The van der Waals surface area contributed by atoms with Gasteiger partial charge in [-0.25, -0.2) is 4.98 Å². The molecule has 0 amide bonds. The molecule has 0 aliphatic heterocycles. The first-order valence-corrected chi connectivity index (χ1v) is 4.25. The van der Waals surface area contributed by atoms with E-state index in [1.54, 1.807) is 25.3 Å². The van der Waals surface area contributed by atoms with Crippen molar-refractivity contribution in [1.82, 2.24) is 9.97 Å². The second-order valence-electron chi connectivity index (χ2n) is 3.42. The summed E-state index contributed by atoms with van der Waals surface area (Å²) in [6.07, 6.45) is 1.63. The first kappa shape index (κ1) is 9.11. The van der Waals surface area contributed by atoms with Crippen LogP contribution in [0.3, 0.4) is 0 Å². The molecule has 0 saturated heterocycles. The summed E-state index contributed by atoms with van der Waals surface area (Å²) >= 11 is 0. The SMILES string of the molecule is CC(N)(CO)c1nc2ncccc2o1. The Morgan fingerprint density at radius 1 is 1.64 bits per heavy atom. The minimum absolute atomic E-state index is 0.222. The van der Waals surface area contributed by atoms with Gasteiger partial charge in [0.2, 0.25) is 5.89 Å². The smallest absolute Gasteiger partial charge is 0.219 e. The number of aliphatic hydroxyl groups excluding tert-OH is 1. The zero-order valence-electron chi connectivity index (χ0n) is 7.77. The van der Waals surface area contributed by atoms with Crippen molar-refractivity contribution in [2.45, 2.75) is 12.5 Å². The normalized spacial score (nSPS) is 15.6. The summed E-state index contributed by atoms with van der Waals surface area (Å²) in [7, 11) is 0. The lowest BCUT2D eigenvalue weighted by atomic mass is 10.1. The first-order chi connectivity index (χ1) is 6.63. The molecule has 2 aromatic heterocycles. The van der Waals surface area contributed by atoms with Crippen LogP contribution in [0.25, 0.3) is 11.2 Å². The average molecular weight is 193 g/mol. The molecule has 5 nitrogen and oxygen atoms in total. The number of aliphatic hydroxyl groups is 1. The summed E-state index contributed by atoms with van der Waals surface area (Å²) < 4.78 is 5.37. The zero-order chi connectivity index (χ0) is 10.2. The highest BCUT2D eigenvalue weighted by Crippen LogP contribution is 2.20. The quantitative estimate of drug-likeness (QED) is 0.720. The summed E-state index contributed by atoms with van der Waals surface area (Å²) in [5.74, 6) is 0.300. The van der Waals surface area contributed by atoms with E-state index in [1.165, 1.54) is 0 Å². The Balaban J connectivity index is 2.55. The van der Waals surface area contributed by atoms with E-state index < -0.39 is 5.54 Å². The number of oxazole rings is 1. The van der Waals surface area contributed by atoms with Crippen molar-refractivity contribution < 1.29 is 9.52 Å². The maximum atomic E-state index is 9.03. The summed E-state index contributed by atoms with van der Waals surface area (Å²) in [5.41, 5.74) is 5.89. The van der Waals surface area contributed by atoms with Crippen LogP contribution < -0.4 is 5.73 Å². The summed E-state index contributed by atoms with van der Waals surface area (Å²) in [6.45, 7) is 1.43. The number of rotatable bonds is 2. The zero-order valence-corrected chi connectivity index (χ0v) is 7.77. The molecule has 0 aliphatic rings. The van der Waals surface area contributed by atoms with Gasteiger partial charge in [-0.1, -0.05) is 0 Å². The van der Waals surface area contributed by atoms with Gasteiger partial charge < -0.3 is 15.3 Å². The molecule has 0 aromatic carbocycles. The Bertz CT molecular complexity index is 417. The number of pyridine rings is 1. The molecule has 2 aromatic rings. The Morgan fingerprint density at radius 2 is 2.43 bits per heavy atom. The number of hydrogen-bond donors (Lipinski definition) is 2. The summed E-state index contributed by atoms with van der Waals surface area (Å²) in [4.78, 5) is 8.10. The Kier molecular flexibility index (Phi) is 1.98. The topological polar surface area (TPSA) is 85.2 Å². The molecular formula is C9H11N3O2. The highest BCUT2D eigenvalue weighted by Gasteiger charge is 2.26. The minimum Gasteiger partial charge on any atom is -0.437 e. The number of nitrogens with zero attached hydrogens (tertiary/aromatic N) is 2. The van der Waals surface area contributed by atoms with Gasteiger partial charge in [0, 0.05) is 6.20 Å². The van der Waals surface area contributed by atoms with Crippen LogP contribution >= 0.6 is 0 Å².